The van der Waals surface area contributed by atoms with Crippen LogP contribution in [0.25, 0.3) is 0 Å². The second kappa shape index (κ2) is 4.15. The molecule has 4 heteroatoms. The smallest absolute Gasteiger partial charge is 0.337 e. The van der Waals surface area contributed by atoms with Crippen molar-refractivity contribution in [1.29, 1.82) is 0 Å². The molecule has 1 aromatic carbocycles. The third-order valence-corrected chi connectivity index (χ3v) is 3.34. The van der Waals surface area contributed by atoms with Gasteiger partial charge >= 0.3 is 5.97 Å². The summed E-state index contributed by atoms with van der Waals surface area (Å²) in [6.45, 7) is 1.82. The Morgan fingerprint density at radius 3 is 2.62 bits per heavy atom. The van der Waals surface area contributed by atoms with Crippen molar-refractivity contribution in [2.45, 2.75) is 11.8 Å². The first kappa shape index (κ1) is 10.6. The summed E-state index contributed by atoms with van der Waals surface area (Å²) in [5, 5.41) is 8.93. The van der Waals surface area contributed by atoms with Crippen LogP contribution in [0.3, 0.4) is 0 Å². The Balaban J connectivity index is 3.38. The van der Waals surface area contributed by atoms with Crippen LogP contribution in [-0.2, 0) is 0 Å². The molecule has 0 saturated carbocycles. The second-order valence-electron chi connectivity index (χ2n) is 2.55. The number of aromatic carboxylic acids is 1. The molecule has 0 fully saturated rings. The Labute approximate surface area is 89.5 Å². The number of carboxylic acid groups (broad SMARTS) is 1. The molecule has 0 saturated heterocycles. The fourth-order valence-electron chi connectivity index (χ4n) is 1.14. The molecule has 0 aromatic heterocycles. The van der Waals surface area contributed by atoms with E-state index < -0.39 is 5.97 Å². The van der Waals surface area contributed by atoms with Gasteiger partial charge in [-0.1, -0.05) is 0 Å². The summed E-state index contributed by atoms with van der Waals surface area (Å²) in [5.41, 5.74) is 1.17. The lowest BCUT2D eigenvalue weighted by Gasteiger charge is -2.07. The molecule has 0 atom stereocenters. The van der Waals surface area contributed by atoms with E-state index in [1.807, 2.05) is 19.2 Å². The van der Waals surface area contributed by atoms with Crippen LogP contribution in [0.1, 0.15) is 15.9 Å². The predicted molar refractivity (Wildman–Crippen MR) is 57.6 cm³/mol. The van der Waals surface area contributed by atoms with Gasteiger partial charge in [0.05, 0.1) is 5.56 Å². The fraction of sp³-hybridized carbons (Fsp3) is 0.222. The minimum absolute atomic E-state index is 0.354. The number of thioether (sulfide) groups is 1. The van der Waals surface area contributed by atoms with Gasteiger partial charge in [0, 0.05) is 9.37 Å². The van der Waals surface area contributed by atoms with Crippen LogP contribution in [-0.4, -0.2) is 17.3 Å². The maximum absolute atomic E-state index is 10.9. The minimum Gasteiger partial charge on any atom is -0.478 e. The van der Waals surface area contributed by atoms with Gasteiger partial charge in [-0.15, -0.1) is 11.8 Å². The van der Waals surface area contributed by atoms with Crippen molar-refractivity contribution in [2.24, 2.45) is 0 Å². The van der Waals surface area contributed by atoms with E-state index in [2.05, 4.69) is 15.9 Å². The van der Waals surface area contributed by atoms with Gasteiger partial charge in [-0.05, 0) is 46.8 Å². The molecule has 0 spiro atoms. The normalized spacial score (nSPS) is 10.1. The molecule has 0 unspecified atom stereocenters. The Morgan fingerprint density at radius 2 is 2.15 bits per heavy atom. The number of hydrogen-bond acceptors (Lipinski definition) is 2. The van der Waals surface area contributed by atoms with Gasteiger partial charge in [0.1, 0.15) is 0 Å². The first-order valence-electron chi connectivity index (χ1n) is 3.64. The van der Waals surface area contributed by atoms with Gasteiger partial charge < -0.3 is 5.11 Å². The maximum Gasteiger partial charge on any atom is 0.337 e. The summed E-state index contributed by atoms with van der Waals surface area (Å²) in [6, 6.07) is 3.68. The van der Waals surface area contributed by atoms with Crippen LogP contribution in [0.5, 0.6) is 0 Å². The topological polar surface area (TPSA) is 37.3 Å². The molecular weight excluding hydrogens is 252 g/mol. The highest BCUT2D eigenvalue weighted by atomic mass is 79.9. The van der Waals surface area contributed by atoms with Crippen molar-refractivity contribution in [1.82, 2.24) is 0 Å². The van der Waals surface area contributed by atoms with Crippen LogP contribution in [0.4, 0.5) is 0 Å². The summed E-state index contributed by atoms with van der Waals surface area (Å²) in [5.74, 6) is -0.889. The zero-order chi connectivity index (χ0) is 10.0. The molecule has 1 rings (SSSR count). The van der Waals surface area contributed by atoms with Crippen LogP contribution >= 0.6 is 27.7 Å². The molecule has 1 aromatic rings. The quantitative estimate of drug-likeness (QED) is 0.831. The molecule has 0 bridgehead atoms. The van der Waals surface area contributed by atoms with Gasteiger partial charge in [-0.3, -0.25) is 0 Å². The summed E-state index contributed by atoms with van der Waals surface area (Å²) < 4.78 is 0.635. The van der Waals surface area contributed by atoms with Crippen molar-refractivity contribution in [2.75, 3.05) is 6.26 Å². The van der Waals surface area contributed by atoms with E-state index in [-0.39, 0.29) is 0 Å². The van der Waals surface area contributed by atoms with Gasteiger partial charge in [0.15, 0.2) is 0 Å². The van der Waals surface area contributed by atoms with E-state index in [4.69, 9.17) is 5.11 Å². The van der Waals surface area contributed by atoms with E-state index in [9.17, 15) is 4.79 Å². The molecule has 0 radical (unpaired) electrons. The number of hydrogen-bond donors (Lipinski definition) is 1. The van der Waals surface area contributed by atoms with E-state index >= 15 is 0 Å². The van der Waals surface area contributed by atoms with Crippen molar-refractivity contribution in [3.05, 3.63) is 27.7 Å². The van der Waals surface area contributed by atoms with Gasteiger partial charge in [-0.2, -0.15) is 0 Å². The number of carbonyl (C=O) groups is 1. The zero-order valence-electron chi connectivity index (χ0n) is 7.30. The highest BCUT2D eigenvalue weighted by molar-refractivity contribution is 9.10. The third-order valence-electron chi connectivity index (χ3n) is 1.80. The van der Waals surface area contributed by atoms with E-state index in [1.54, 1.807) is 17.8 Å². The Morgan fingerprint density at radius 1 is 1.54 bits per heavy atom. The largest absolute Gasteiger partial charge is 0.478 e. The first-order chi connectivity index (χ1) is 6.07. The van der Waals surface area contributed by atoms with E-state index in [1.165, 1.54) is 0 Å². The van der Waals surface area contributed by atoms with Crippen molar-refractivity contribution in [3.8, 4) is 0 Å². The number of carboxylic acids is 1. The van der Waals surface area contributed by atoms with E-state index in [0.717, 1.165) is 10.5 Å². The summed E-state index contributed by atoms with van der Waals surface area (Å²) in [6.07, 6.45) is 1.93. The minimum atomic E-state index is -0.889. The molecule has 0 aliphatic heterocycles. The Bertz CT molecular complexity index is 350. The second-order valence-corrected chi connectivity index (χ2v) is 4.26. The lowest BCUT2D eigenvalue weighted by Crippen LogP contribution is -2.01. The molecule has 2 nitrogen and oxygen atoms in total. The van der Waals surface area contributed by atoms with Crippen molar-refractivity contribution in [3.63, 3.8) is 0 Å². The Kier molecular flexibility index (Phi) is 3.39. The standard InChI is InChI=1S/C9H9BrO2S/c1-5-7(13-2)4-3-6(10)8(5)9(11)12/h3-4H,1-2H3,(H,11,12). The molecule has 13 heavy (non-hydrogen) atoms. The molecule has 0 aliphatic carbocycles. The fourth-order valence-corrected chi connectivity index (χ4v) is 2.35. The molecule has 0 amide bonds. The summed E-state index contributed by atoms with van der Waals surface area (Å²) in [7, 11) is 0. The average Bonchev–Trinajstić information content (AvgIpc) is 2.04. The van der Waals surface area contributed by atoms with Crippen LogP contribution in [0.15, 0.2) is 21.5 Å². The molecule has 1 N–H and O–H groups in total. The highest BCUT2D eigenvalue weighted by Gasteiger charge is 2.13. The molecule has 70 valence electrons. The first-order valence-corrected chi connectivity index (χ1v) is 5.66. The number of benzene rings is 1. The zero-order valence-corrected chi connectivity index (χ0v) is 9.70. The maximum atomic E-state index is 10.9. The monoisotopic (exact) mass is 260 g/mol. The highest BCUT2D eigenvalue weighted by Crippen LogP contribution is 2.28. The Hall–Kier alpha value is -0.480. The van der Waals surface area contributed by atoms with Crippen LogP contribution < -0.4 is 0 Å². The number of halogens is 1. The molecule has 0 heterocycles. The van der Waals surface area contributed by atoms with Gasteiger partial charge in [-0.25, -0.2) is 4.79 Å². The van der Waals surface area contributed by atoms with Crippen molar-refractivity contribution >= 4 is 33.7 Å². The lowest BCUT2D eigenvalue weighted by molar-refractivity contribution is 0.0695. The number of rotatable bonds is 2. The predicted octanol–water partition coefficient (Wildman–Crippen LogP) is 3.18. The van der Waals surface area contributed by atoms with Crippen molar-refractivity contribution < 1.29 is 9.90 Å². The van der Waals surface area contributed by atoms with Gasteiger partial charge in [0.2, 0.25) is 0 Å². The molecule has 0 aliphatic rings. The van der Waals surface area contributed by atoms with Crippen LogP contribution in [0, 0.1) is 6.92 Å². The summed E-state index contributed by atoms with van der Waals surface area (Å²) >= 11 is 4.77. The summed E-state index contributed by atoms with van der Waals surface area (Å²) in [4.78, 5) is 11.9. The SMILES string of the molecule is CSc1ccc(Br)c(C(=O)O)c1C. The molecular formula is C9H9BrO2S. The van der Waals surface area contributed by atoms with E-state index in [0.29, 0.717) is 10.0 Å². The lowest BCUT2D eigenvalue weighted by atomic mass is 10.1. The van der Waals surface area contributed by atoms with Crippen LogP contribution in [0.2, 0.25) is 0 Å². The average molecular weight is 261 g/mol. The van der Waals surface area contributed by atoms with Gasteiger partial charge in [0.25, 0.3) is 0 Å². The third kappa shape index (κ3) is 2.06.